The number of benzene rings is 2. The van der Waals surface area contributed by atoms with Crippen molar-refractivity contribution < 1.29 is 4.79 Å². The van der Waals surface area contributed by atoms with Crippen molar-refractivity contribution in [1.82, 2.24) is 14.5 Å². The van der Waals surface area contributed by atoms with Crippen LogP contribution in [-0.4, -0.2) is 33.4 Å². The standard InChI is InChI=1S/C24H26N4O3/c1-17(18-8-4-2-5-9-18)25-21-16-22(29)28(24(31)26-21)20-12-14-27(15-13-20)23(30)19-10-6-3-7-11-19/h2-11,16-17,20,25H,12-15H2,1H3,(H,26,31). The zero-order valence-corrected chi connectivity index (χ0v) is 17.5. The largest absolute Gasteiger partial charge is 0.365 e. The van der Waals surface area contributed by atoms with E-state index in [1.807, 2.05) is 55.5 Å². The molecule has 1 amide bonds. The van der Waals surface area contributed by atoms with Crippen LogP contribution in [0.1, 0.15) is 47.8 Å². The Morgan fingerprint density at radius 2 is 1.61 bits per heavy atom. The van der Waals surface area contributed by atoms with Gasteiger partial charge < -0.3 is 10.2 Å². The summed E-state index contributed by atoms with van der Waals surface area (Å²) in [5.41, 5.74) is 0.948. The number of H-pyrrole nitrogens is 1. The Balaban J connectivity index is 1.44. The van der Waals surface area contributed by atoms with E-state index in [0.717, 1.165) is 5.56 Å². The lowest BCUT2D eigenvalue weighted by Crippen LogP contribution is -2.45. The molecule has 0 bridgehead atoms. The summed E-state index contributed by atoms with van der Waals surface area (Å²) in [7, 11) is 0. The Morgan fingerprint density at radius 1 is 1.00 bits per heavy atom. The minimum atomic E-state index is -0.428. The highest BCUT2D eigenvalue weighted by atomic mass is 16.2. The van der Waals surface area contributed by atoms with Gasteiger partial charge in [0.15, 0.2) is 0 Å². The van der Waals surface area contributed by atoms with Gasteiger partial charge in [-0.2, -0.15) is 0 Å². The molecule has 1 aromatic heterocycles. The lowest BCUT2D eigenvalue weighted by atomic mass is 10.0. The Kier molecular flexibility index (Phi) is 6.02. The molecule has 4 rings (SSSR count). The first-order valence-corrected chi connectivity index (χ1v) is 10.5. The summed E-state index contributed by atoms with van der Waals surface area (Å²) in [6.45, 7) is 2.99. The van der Waals surface area contributed by atoms with Crippen LogP contribution in [0.4, 0.5) is 5.82 Å². The summed E-state index contributed by atoms with van der Waals surface area (Å²) in [6.07, 6.45) is 1.13. The predicted octanol–water partition coefficient (Wildman–Crippen LogP) is 3.19. The normalized spacial score (nSPS) is 15.5. The Hall–Kier alpha value is -3.61. The summed E-state index contributed by atoms with van der Waals surface area (Å²) in [6, 6.07) is 20.1. The number of rotatable bonds is 5. The molecule has 2 N–H and O–H groups in total. The number of nitrogens with zero attached hydrogens (tertiary/aromatic N) is 2. The molecule has 2 aromatic carbocycles. The van der Waals surface area contributed by atoms with Gasteiger partial charge in [-0.15, -0.1) is 0 Å². The number of aromatic nitrogens is 2. The molecule has 1 saturated heterocycles. The Morgan fingerprint density at radius 3 is 2.23 bits per heavy atom. The molecule has 1 aliphatic rings. The average Bonchev–Trinajstić information content (AvgIpc) is 2.80. The van der Waals surface area contributed by atoms with Crippen molar-refractivity contribution >= 4 is 11.7 Å². The van der Waals surface area contributed by atoms with Gasteiger partial charge in [0.2, 0.25) is 0 Å². The maximum absolute atomic E-state index is 12.7. The molecule has 0 spiro atoms. The highest BCUT2D eigenvalue weighted by Gasteiger charge is 2.26. The first-order chi connectivity index (χ1) is 15.0. The van der Waals surface area contributed by atoms with Crippen LogP contribution in [-0.2, 0) is 0 Å². The topological polar surface area (TPSA) is 87.2 Å². The molecule has 0 radical (unpaired) electrons. The van der Waals surface area contributed by atoms with Crippen LogP contribution in [0.25, 0.3) is 0 Å². The van der Waals surface area contributed by atoms with E-state index in [2.05, 4.69) is 10.3 Å². The summed E-state index contributed by atoms with van der Waals surface area (Å²) >= 11 is 0. The number of carbonyl (C=O) groups is 1. The lowest BCUT2D eigenvalue weighted by molar-refractivity contribution is 0.0692. The highest BCUT2D eigenvalue weighted by Crippen LogP contribution is 2.22. The molecule has 0 aliphatic carbocycles. The molecule has 1 aliphatic heterocycles. The van der Waals surface area contributed by atoms with Gasteiger partial charge in [0.25, 0.3) is 11.5 Å². The summed E-state index contributed by atoms with van der Waals surface area (Å²) in [5.74, 6) is 0.383. The zero-order chi connectivity index (χ0) is 21.8. The van der Waals surface area contributed by atoms with Crippen LogP contribution in [0.2, 0.25) is 0 Å². The van der Waals surface area contributed by atoms with Gasteiger partial charge in [-0.3, -0.25) is 19.1 Å². The van der Waals surface area contributed by atoms with Gasteiger partial charge in [0.05, 0.1) is 0 Å². The molecule has 31 heavy (non-hydrogen) atoms. The first kappa shape index (κ1) is 20.7. The van der Waals surface area contributed by atoms with Crippen molar-refractivity contribution in [3.8, 4) is 0 Å². The Bertz CT molecular complexity index is 1120. The minimum absolute atomic E-state index is 0.0187. The van der Waals surface area contributed by atoms with Crippen LogP contribution in [0.15, 0.2) is 76.3 Å². The molecule has 160 valence electrons. The number of aromatic amines is 1. The number of amides is 1. The Labute approximate surface area is 180 Å². The first-order valence-electron chi connectivity index (χ1n) is 10.5. The smallest absolute Gasteiger partial charge is 0.330 e. The fourth-order valence-electron chi connectivity index (χ4n) is 4.08. The fraction of sp³-hybridized carbons (Fsp3) is 0.292. The van der Waals surface area contributed by atoms with Gasteiger partial charge in [0, 0.05) is 36.8 Å². The van der Waals surface area contributed by atoms with E-state index in [0.29, 0.717) is 37.3 Å². The summed E-state index contributed by atoms with van der Waals surface area (Å²) in [5, 5.41) is 3.19. The van der Waals surface area contributed by atoms with Crippen molar-refractivity contribution in [2.45, 2.75) is 31.8 Å². The lowest BCUT2D eigenvalue weighted by Gasteiger charge is -2.32. The van der Waals surface area contributed by atoms with Crippen molar-refractivity contribution in [2.24, 2.45) is 0 Å². The van der Waals surface area contributed by atoms with Gasteiger partial charge in [-0.1, -0.05) is 48.5 Å². The third kappa shape index (κ3) is 4.60. The quantitative estimate of drug-likeness (QED) is 0.666. The van der Waals surface area contributed by atoms with Crippen LogP contribution in [0.3, 0.4) is 0 Å². The van der Waals surface area contributed by atoms with Crippen LogP contribution < -0.4 is 16.6 Å². The number of piperidine rings is 1. The molecule has 7 nitrogen and oxygen atoms in total. The monoisotopic (exact) mass is 418 g/mol. The van der Waals surface area contributed by atoms with E-state index < -0.39 is 5.69 Å². The third-order valence-electron chi connectivity index (χ3n) is 5.77. The number of anilines is 1. The summed E-state index contributed by atoms with van der Waals surface area (Å²) < 4.78 is 1.28. The van der Waals surface area contributed by atoms with E-state index in [4.69, 9.17) is 0 Å². The second-order valence-electron chi connectivity index (χ2n) is 7.86. The maximum atomic E-state index is 12.7. The molecule has 1 unspecified atom stereocenters. The van der Waals surface area contributed by atoms with Crippen molar-refractivity contribution in [3.05, 3.63) is 98.7 Å². The van der Waals surface area contributed by atoms with Crippen molar-refractivity contribution in [2.75, 3.05) is 18.4 Å². The summed E-state index contributed by atoms with van der Waals surface area (Å²) in [4.78, 5) is 42.6. The van der Waals surface area contributed by atoms with Gasteiger partial charge >= 0.3 is 5.69 Å². The molecule has 0 saturated carbocycles. The molecule has 3 aromatic rings. The van der Waals surface area contributed by atoms with E-state index in [1.165, 1.54) is 10.6 Å². The number of carbonyl (C=O) groups excluding carboxylic acids is 1. The average molecular weight is 418 g/mol. The number of nitrogens with one attached hydrogen (secondary N) is 2. The van der Waals surface area contributed by atoms with Crippen molar-refractivity contribution in [1.29, 1.82) is 0 Å². The molecule has 1 fully saturated rings. The van der Waals surface area contributed by atoms with Gasteiger partial charge in [-0.25, -0.2) is 4.79 Å². The zero-order valence-electron chi connectivity index (χ0n) is 17.5. The molecular weight excluding hydrogens is 392 g/mol. The molecule has 2 heterocycles. The number of hydrogen-bond acceptors (Lipinski definition) is 4. The molecule has 7 heteroatoms. The fourth-order valence-corrected chi connectivity index (χ4v) is 4.08. The van der Waals surface area contributed by atoms with E-state index in [1.54, 1.807) is 17.0 Å². The van der Waals surface area contributed by atoms with E-state index >= 15 is 0 Å². The second-order valence-corrected chi connectivity index (χ2v) is 7.86. The van der Waals surface area contributed by atoms with Gasteiger partial charge in [0.1, 0.15) is 5.82 Å². The number of hydrogen-bond donors (Lipinski definition) is 2. The highest BCUT2D eigenvalue weighted by molar-refractivity contribution is 5.94. The number of likely N-dealkylation sites (tertiary alicyclic amines) is 1. The molecular formula is C24H26N4O3. The van der Waals surface area contributed by atoms with Crippen LogP contribution in [0.5, 0.6) is 0 Å². The van der Waals surface area contributed by atoms with Crippen LogP contribution in [0, 0.1) is 0 Å². The maximum Gasteiger partial charge on any atom is 0.330 e. The van der Waals surface area contributed by atoms with Crippen LogP contribution >= 0.6 is 0 Å². The predicted molar refractivity (Wildman–Crippen MR) is 120 cm³/mol. The molecule has 1 atom stereocenters. The van der Waals surface area contributed by atoms with E-state index in [9.17, 15) is 14.4 Å². The second kappa shape index (κ2) is 9.04. The third-order valence-corrected chi connectivity index (χ3v) is 5.77. The minimum Gasteiger partial charge on any atom is -0.365 e. The van der Waals surface area contributed by atoms with E-state index in [-0.39, 0.29) is 23.6 Å². The van der Waals surface area contributed by atoms with Gasteiger partial charge in [-0.05, 0) is 37.5 Å². The SMILES string of the molecule is CC(Nc1cc(=O)n(C2CCN(C(=O)c3ccccc3)CC2)c(=O)[nH]1)c1ccccc1. The van der Waals surface area contributed by atoms with Crippen molar-refractivity contribution in [3.63, 3.8) is 0 Å².